The zero-order chi connectivity index (χ0) is 14.7. The summed E-state index contributed by atoms with van der Waals surface area (Å²) in [5.74, 6) is 0.511. The van der Waals surface area contributed by atoms with Gasteiger partial charge < -0.3 is 14.8 Å². The largest absolute Gasteiger partial charge is 0.477 e. The van der Waals surface area contributed by atoms with Crippen molar-refractivity contribution in [3.8, 4) is 0 Å². The monoisotopic (exact) mass is 277 g/mol. The number of nitrogens with one attached hydrogen (secondary N) is 1. The maximum atomic E-state index is 11.3. The average molecular weight is 277 g/mol. The van der Waals surface area contributed by atoms with Crippen LogP contribution in [-0.2, 0) is 13.5 Å². The van der Waals surface area contributed by atoms with Crippen LogP contribution in [-0.4, -0.2) is 26.9 Å². The number of aryl methyl sites for hydroxylation is 3. The van der Waals surface area contributed by atoms with E-state index in [9.17, 15) is 9.90 Å². The molecule has 2 N–H and O–H groups in total. The summed E-state index contributed by atoms with van der Waals surface area (Å²) >= 11 is 0. The molecule has 6 heteroatoms. The van der Waals surface area contributed by atoms with Gasteiger partial charge in [-0.1, -0.05) is 0 Å². The van der Waals surface area contributed by atoms with E-state index >= 15 is 0 Å². The minimum Gasteiger partial charge on any atom is -0.477 e. The Morgan fingerprint density at radius 1 is 1.60 bits per heavy atom. The molecule has 0 aliphatic heterocycles. The molecule has 6 nitrogen and oxygen atoms in total. The van der Waals surface area contributed by atoms with E-state index in [1.165, 1.54) is 0 Å². The smallest absolute Gasteiger partial charge is 0.341 e. The van der Waals surface area contributed by atoms with E-state index in [0.29, 0.717) is 11.5 Å². The first-order valence-electron chi connectivity index (χ1n) is 6.55. The highest BCUT2D eigenvalue weighted by molar-refractivity contribution is 5.94. The van der Waals surface area contributed by atoms with Gasteiger partial charge in [-0.2, -0.15) is 5.10 Å². The van der Waals surface area contributed by atoms with Crippen molar-refractivity contribution in [1.29, 1.82) is 0 Å². The molecule has 2 aromatic rings. The van der Waals surface area contributed by atoms with Crippen molar-refractivity contribution < 1.29 is 14.3 Å². The van der Waals surface area contributed by atoms with Gasteiger partial charge >= 0.3 is 5.97 Å². The first kappa shape index (κ1) is 14.2. The number of hydrogen-bond donors (Lipinski definition) is 2. The van der Waals surface area contributed by atoms with Crippen LogP contribution in [0.4, 0.5) is 5.82 Å². The second-order valence-corrected chi connectivity index (χ2v) is 4.90. The summed E-state index contributed by atoms with van der Waals surface area (Å²) in [7, 11) is 1.74. The van der Waals surface area contributed by atoms with E-state index in [1.807, 2.05) is 19.1 Å². The van der Waals surface area contributed by atoms with Crippen LogP contribution >= 0.6 is 0 Å². The molecule has 0 spiro atoms. The van der Waals surface area contributed by atoms with Crippen LogP contribution in [0.5, 0.6) is 0 Å². The molecule has 0 saturated carbocycles. The first-order valence-corrected chi connectivity index (χ1v) is 6.55. The van der Waals surface area contributed by atoms with Gasteiger partial charge in [-0.05, 0) is 32.4 Å². The Morgan fingerprint density at radius 3 is 2.95 bits per heavy atom. The topological polar surface area (TPSA) is 80.3 Å². The summed E-state index contributed by atoms with van der Waals surface area (Å²) in [5, 5.41) is 16.6. The Kier molecular flexibility index (Phi) is 4.12. The Labute approximate surface area is 117 Å². The fourth-order valence-electron chi connectivity index (χ4n) is 2.20. The van der Waals surface area contributed by atoms with Crippen molar-refractivity contribution in [2.24, 2.45) is 7.05 Å². The van der Waals surface area contributed by atoms with Gasteiger partial charge in [-0.15, -0.1) is 0 Å². The van der Waals surface area contributed by atoms with Gasteiger partial charge in [0, 0.05) is 19.5 Å². The van der Waals surface area contributed by atoms with Crippen LogP contribution in [0.3, 0.4) is 0 Å². The van der Waals surface area contributed by atoms with Gasteiger partial charge in [-0.25, -0.2) is 4.79 Å². The summed E-state index contributed by atoms with van der Waals surface area (Å²) in [6, 6.07) is 3.91. The Morgan fingerprint density at radius 2 is 2.35 bits per heavy atom. The molecular weight excluding hydrogens is 258 g/mol. The van der Waals surface area contributed by atoms with Crippen LogP contribution in [0.25, 0.3) is 0 Å². The lowest BCUT2D eigenvalue weighted by atomic mass is 10.1. The van der Waals surface area contributed by atoms with Crippen LogP contribution in [0, 0.1) is 6.92 Å². The maximum absolute atomic E-state index is 11.3. The Hall–Kier alpha value is -2.24. The summed E-state index contributed by atoms with van der Waals surface area (Å²) in [5.41, 5.74) is 0.748. The number of nitrogens with zero attached hydrogens (tertiary/aromatic N) is 2. The Bertz CT molecular complexity index is 587. The van der Waals surface area contributed by atoms with E-state index in [2.05, 4.69) is 10.4 Å². The molecule has 0 aliphatic rings. The van der Waals surface area contributed by atoms with Crippen molar-refractivity contribution in [3.05, 3.63) is 35.4 Å². The molecule has 0 bridgehead atoms. The lowest BCUT2D eigenvalue weighted by Crippen LogP contribution is -2.20. The van der Waals surface area contributed by atoms with E-state index in [4.69, 9.17) is 4.42 Å². The van der Waals surface area contributed by atoms with Crippen LogP contribution in [0.2, 0.25) is 0 Å². The zero-order valence-electron chi connectivity index (χ0n) is 11.9. The summed E-state index contributed by atoms with van der Waals surface area (Å²) in [6.07, 6.45) is 3.30. The third kappa shape index (κ3) is 3.01. The molecule has 0 saturated heterocycles. The Balaban J connectivity index is 2.04. The number of furan rings is 1. The van der Waals surface area contributed by atoms with E-state index in [-0.39, 0.29) is 11.6 Å². The SMILES string of the molecule is Cc1nn(C)c(NC(C)CCc2ccco2)c1C(=O)O. The predicted octanol–water partition coefficient (Wildman–Crippen LogP) is 2.45. The number of carbonyl (C=O) groups is 1. The van der Waals surface area contributed by atoms with Crippen LogP contribution in [0.1, 0.15) is 35.2 Å². The van der Waals surface area contributed by atoms with Gasteiger partial charge in [0.05, 0.1) is 12.0 Å². The minimum atomic E-state index is -0.962. The number of aromatic carboxylic acids is 1. The second kappa shape index (κ2) is 5.81. The van der Waals surface area contributed by atoms with Crippen molar-refractivity contribution in [2.45, 2.75) is 32.7 Å². The molecule has 0 amide bonds. The van der Waals surface area contributed by atoms with E-state index in [0.717, 1.165) is 18.6 Å². The number of carboxylic acid groups (broad SMARTS) is 1. The highest BCUT2D eigenvalue weighted by atomic mass is 16.4. The standard InChI is InChI=1S/C14H19N3O3/c1-9(6-7-11-5-4-8-20-11)15-13-12(14(18)19)10(2)16-17(13)3/h4-5,8-9,15H,6-7H2,1-3H3,(H,18,19). The fourth-order valence-corrected chi connectivity index (χ4v) is 2.20. The molecule has 0 aliphatic carbocycles. The molecule has 1 atom stereocenters. The number of rotatable bonds is 6. The number of anilines is 1. The molecule has 0 aromatic carbocycles. The maximum Gasteiger partial charge on any atom is 0.341 e. The molecule has 1 unspecified atom stereocenters. The van der Waals surface area contributed by atoms with Gasteiger partial charge in [0.2, 0.25) is 0 Å². The van der Waals surface area contributed by atoms with Crippen molar-refractivity contribution in [1.82, 2.24) is 9.78 Å². The molecule has 20 heavy (non-hydrogen) atoms. The van der Waals surface area contributed by atoms with Gasteiger partial charge in [0.1, 0.15) is 17.1 Å². The quantitative estimate of drug-likeness (QED) is 0.847. The number of carboxylic acids is 1. The van der Waals surface area contributed by atoms with Crippen LogP contribution in [0.15, 0.2) is 22.8 Å². The van der Waals surface area contributed by atoms with Crippen molar-refractivity contribution in [2.75, 3.05) is 5.32 Å². The highest BCUT2D eigenvalue weighted by Gasteiger charge is 2.20. The molecular formula is C14H19N3O3. The third-order valence-electron chi connectivity index (χ3n) is 3.22. The highest BCUT2D eigenvalue weighted by Crippen LogP contribution is 2.20. The second-order valence-electron chi connectivity index (χ2n) is 4.90. The molecule has 0 radical (unpaired) electrons. The fraction of sp³-hybridized carbons (Fsp3) is 0.429. The van der Waals surface area contributed by atoms with Crippen molar-refractivity contribution in [3.63, 3.8) is 0 Å². The minimum absolute atomic E-state index is 0.119. The van der Waals surface area contributed by atoms with E-state index in [1.54, 1.807) is 24.9 Å². The summed E-state index contributed by atoms with van der Waals surface area (Å²) in [6.45, 7) is 3.71. The molecule has 2 rings (SSSR count). The predicted molar refractivity (Wildman–Crippen MR) is 75.0 cm³/mol. The van der Waals surface area contributed by atoms with Crippen LogP contribution < -0.4 is 5.32 Å². The summed E-state index contributed by atoms with van der Waals surface area (Å²) in [4.78, 5) is 11.3. The molecule has 108 valence electrons. The first-order chi connectivity index (χ1) is 9.49. The lowest BCUT2D eigenvalue weighted by Gasteiger charge is -2.15. The van der Waals surface area contributed by atoms with Gasteiger partial charge in [0.15, 0.2) is 0 Å². The summed E-state index contributed by atoms with van der Waals surface area (Å²) < 4.78 is 6.86. The lowest BCUT2D eigenvalue weighted by molar-refractivity contribution is 0.0697. The number of aromatic nitrogens is 2. The normalized spacial score (nSPS) is 12.3. The van der Waals surface area contributed by atoms with Gasteiger partial charge in [0.25, 0.3) is 0 Å². The third-order valence-corrected chi connectivity index (χ3v) is 3.22. The van der Waals surface area contributed by atoms with Gasteiger partial charge in [-0.3, -0.25) is 4.68 Å². The van der Waals surface area contributed by atoms with Crippen molar-refractivity contribution >= 4 is 11.8 Å². The molecule has 0 fully saturated rings. The average Bonchev–Trinajstić information content (AvgIpc) is 2.96. The molecule has 2 heterocycles. The molecule has 2 aromatic heterocycles. The van der Waals surface area contributed by atoms with E-state index < -0.39 is 5.97 Å². The number of hydrogen-bond acceptors (Lipinski definition) is 4. The zero-order valence-corrected chi connectivity index (χ0v) is 11.9.